The molecule has 2 N–H and O–H groups in total. The van der Waals surface area contributed by atoms with Gasteiger partial charge in [-0.2, -0.15) is 0 Å². The number of nitrogens with zero attached hydrogens (tertiary/aromatic N) is 4. The van der Waals surface area contributed by atoms with Crippen LogP contribution in [0.5, 0.6) is 0 Å². The molecular formula is C19H28N6S. The molecule has 0 aromatic carbocycles. The summed E-state index contributed by atoms with van der Waals surface area (Å²) in [4.78, 5) is 16.3. The van der Waals surface area contributed by atoms with E-state index in [1.807, 2.05) is 23.6 Å². The number of guanidine groups is 1. The second-order valence-electron chi connectivity index (χ2n) is 6.57. The van der Waals surface area contributed by atoms with E-state index >= 15 is 0 Å². The van der Waals surface area contributed by atoms with Gasteiger partial charge in [-0.1, -0.05) is 6.07 Å². The number of rotatable bonds is 5. The van der Waals surface area contributed by atoms with E-state index in [0.29, 0.717) is 6.54 Å². The molecular weight excluding hydrogens is 344 g/mol. The van der Waals surface area contributed by atoms with Gasteiger partial charge in [-0.05, 0) is 32.2 Å². The van der Waals surface area contributed by atoms with Crippen LogP contribution >= 0.6 is 11.3 Å². The smallest absolute Gasteiger partial charge is 0.191 e. The predicted octanol–water partition coefficient (Wildman–Crippen LogP) is 2.07. The molecule has 2 aromatic rings. The Balaban J connectivity index is 1.58. The van der Waals surface area contributed by atoms with Gasteiger partial charge in [-0.15, -0.1) is 11.3 Å². The number of thiophene rings is 1. The van der Waals surface area contributed by atoms with Gasteiger partial charge in [0.1, 0.15) is 5.82 Å². The van der Waals surface area contributed by atoms with Crippen molar-refractivity contribution < 1.29 is 0 Å². The summed E-state index contributed by atoms with van der Waals surface area (Å²) in [6, 6.07) is 8.45. The van der Waals surface area contributed by atoms with Crippen molar-refractivity contribution >= 4 is 23.1 Å². The summed E-state index contributed by atoms with van der Waals surface area (Å²) in [5.74, 6) is 1.89. The third-order valence-corrected chi connectivity index (χ3v) is 5.57. The summed E-state index contributed by atoms with van der Waals surface area (Å²) in [5.41, 5.74) is 1.20. The summed E-state index contributed by atoms with van der Waals surface area (Å²) < 4.78 is 0. The van der Waals surface area contributed by atoms with Gasteiger partial charge in [0.25, 0.3) is 0 Å². The fourth-order valence-corrected chi connectivity index (χ4v) is 3.85. The quantitative estimate of drug-likeness (QED) is 0.622. The van der Waals surface area contributed by atoms with E-state index in [4.69, 9.17) is 0 Å². The summed E-state index contributed by atoms with van der Waals surface area (Å²) in [6.07, 6.45) is 1.88. The molecule has 1 saturated heterocycles. The fraction of sp³-hybridized carbons (Fsp3) is 0.474. The maximum Gasteiger partial charge on any atom is 0.191 e. The lowest BCUT2D eigenvalue weighted by atomic mass is 10.2. The number of likely N-dealkylation sites (N-methyl/N-ethyl adjacent to an activating group) is 1. The largest absolute Gasteiger partial charge is 0.354 e. The highest BCUT2D eigenvalue weighted by atomic mass is 32.1. The van der Waals surface area contributed by atoms with Gasteiger partial charge in [0.05, 0.1) is 6.54 Å². The molecule has 2 aromatic heterocycles. The average molecular weight is 373 g/mol. The molecule has 3 rings (SSSR count). The highest BCUT2D eigenvalue weighted by Crippen LogP contribution is 2.18. The Morgan fingerprint density at radius 3 is 2.62 bits per heavy atom. The Hall–Kier alpha value is -2.12. The molecule has 6 nitrogen and oxygen atoms in total. The summed E-state index contributed by atoms with van der Waals surface area (Å²) in [6.45, 7) is 7.81. The zero-order valence-electron chi connectivity index (χ0n) is 15.8. The van der Waals surface area contributed by atoms with Crippen molar-refractivity contribution in [3.8, 4) is 0 Å². The zero-order chi connectivity index (χ0) is 18.4. The third kappa shape index (κ3) is 4.95. The van der Waals surface area contributed by atoms with Crippen LogP contribution in [0.3, 0.4) is 0 Å². The van der Waals surface area contributed by atoms with Crippen LogP contribution < -0.4 is 15.5 Å². The van der Waals surface area contributed by atoms with Crippen LogP contribution in [0.1, 0.15) is 15.3 Å². The minimum absolute atomic E-state index is 0.707. The molecule has 0 radical (unpaired) electrons. The maximum absolute atomic E-state index is 4.64. The first-order valence-electron chi connectivity index (χ1n) is 9.03. The average Bonchev–Trinajstić information content (AvgIpc) is 3.08. The predicted molar refractivity (Wildman–Crippen MR) is 110 cm³/mol. The number of aliphatic imine (C=N–C) groups is 1. The first-order chi connectivity index (χ1) is 12.7. The highest BCUT2D eigenvalue weighted by molar-refractivity contribution is 7.11. The molecule has 0 bridgehead atoms. The van der Waals surface area contributed by atoms with E-state index in [9.17, 15) is 0 Å². The van der Waals surface area contributed by atoms with Crippen LogP contribution in [0, 0.1) is 6.92 Å². The van der Waals surface area contributed by atoms with E-state index in [-0.39, 0.29) is 0 Å². The number of nitrogens with one attached hydrogen (secondary N) is 2. The van der Waals surface area contributed by atoms with Gasteiger partial charge in [-0.25, -0.2) is 4.98 Å². The molecule has 140 valence electrons. The van der Waals surface area contributed by atoms with Crippen molar-refractivity contribution in [2.75, 3.05) is 45.2 Å². The van der Waals surface area contributed by atoms with E-state index in [2.05, 4.69) is 62.6 Å². The molecule has 26 heavy (non-hydrogen) atoms. The lowest BCUT2D eigenvalue weighted by Gasteiger charge is -2.34. The van der Waals surface area contributed by atoms with Crippen LogP contribution in [0.25, 0.3) is 0 Å². The molecule has 3 heterocycles. The van der Waals surface area contributed by atoms with Crippen molar-refractivity contribution in [1.82, 2.24) is 20.5 Å². The van der Waals surface area contributed by atoms with Gasteiger partial charge in [0.15, 0.2) is 5.96 Å². The Bertz CT molecular complexity index is 733. The molecule has 0 amide bonds. The van der Waals surface area contributed by atoms with Crippen LogP contribution in [0.15, 0.2) is 35.5 Å². The van der Waals surface area contributed by atoms with Gasteiger partial charge >= 0.3 is 0 Å². The molecule has 1 fully saturated rings. The number of hydrogen-bond donors (Lipinski definition) is 2. The van der Waals surface area contributed by atoms with Crippen molar-refractivity contribution in [1.29, 1.82) is 0 Å². The Morgan fingerprint density at radius 1 is 1.15 bits per heavy atom. The standard InChI is InChI=1S/C19H28N6S/c1-15-6-7-17(26-15)14-23-19(20-2)22-13-16-5-4-8-21-18(16)25-11-9-24(3)10-12-25/h4-8H,9-14H2,1-3H3,(H2,20,22,23). The lowest BCUT2D eigenvalue weighted by molar-refractivity contribution is 0.312. The molecule has 0 unspecified atom stereocenters. The number of piperazine rings is 1. The summed E-state index contributed by atoms with van der Waals surface area (Å²) in [7, 11) is 3.97. The zero-order valence-corrected chi connectivity index (χ0v) is 16.6. The monoisotopic (exact) mass is 372 g/mol. The molecule has 0 spiro atoms. The van der Waals surface area contributed by atoms with Gasteiger partial charge in [-0.3, -0.25) is 4.99 Å². The number of hydrogen-bond acceptors (Lipinski definition) is 5. The number of aryl methyl sites for hydroxylation is 1. The summed E-state index contributed by atoms with van der Waals surface area (Å²) >= 11 is 1.81. The minimum Gasteiger partial charge on any atom is -0.354 e. The van der Waals surface area contributed by atoms with Crippen molar-refractivity contribution in [2.45, 2.75) is 20.0 Å². The van der Waals surface area contributed by atoms with E-state index in [0.717, 1.165) is 44.5 Å². The van der Waals surface area contributed by atoms with Crippen LogP contribution in [0.4, 0.5) is 5.82 Å². The Morgan fingerprint density at radius 2 is 1.92 bits per heavy atom. The molecule has 0 aliphatic carbocycles. The number of pyridine rings is 1. The molecule has 0 atom stereocenters. The topological polar surface area (TPSA) is 55.8 Å². The van der Waals surface area contributed by atoms with Crippen molar-refractivity contribution in [3.05, 3.63) is 45.8 Å². The first-order valence-corrected chi connectivity index (χ1v) is 9.84. The van der Waals surface area contributed by atoms with Crippen LogP contribution in [-0.2, 0) is 13.1 Å². The maximum atomic E-state index is 4.64. The first kappa shape index (κ1) is 18.7. The van der Waals surface area contributed by atoms with Gasteiger partial charge < -0.3 is 20.4 Å². The lowest BCUT2D eigenvalue weighted by Crippen LogP contribution is -2.45. The normalized spacial score (nSPS) is 16.0. The van der Waals surface area contributed by atoms with Crippen molar-refractivity contribution in [2.24, 2.45) is 4.99 Å². The Kier molecular flexibility index (Phi) is 6.46. The molecule has 1 aliphatic rings. The second-order valence-corrected chi connectivity index (χ2v) is 7.94. The van der Waals surface area contributed by atoms with E-state index in [1.54, 1.807) is 7.05 Å². The van der Waals surface area contributed by atoms with E-state index in [1.165, 1.54) is 15.3 Å². The third-order valence-electron chi connectivity index (χ3n) is 4.57. The van der Waals surface area contributed by atoms with Crippen LogP contribution in [0.2, 0.25) is 0 Å². The van der Waals surface area contributed by atoms with E-state index < -0.39 is 0 Å². The highest BCUT2D eigenvalue weighted by Gasteiger charge is 2.17. The number of aromatic nitrogens is 1. The van der Waals surface area contributed by atoms with Crippen molar-refractivity contribution in [3.63, 3.8) is 0 Å². The summed E-state index contributed by atoms with van der Waals surface area (Å²) in [5, 5.41) is 6.80. The molecule has 7 heteroatoms. The van der Waals surface area contributed by atoms with Crippen LogP contribution in [-0.4, -0.2) is 56.1 Å². The second kappa shape index (κ2) is 9.00. The molecule has 0 saturated carbocycles. The number of anilines is 1. The fourth-order valence-electron chi connectivity index (χ4n) is 3.02. The molecule has 1 aliphatic heterocycles. The Labute approximate surface area is 160 Å². The SMILES string of the molecule is CN=C(NCc1ccc(C)s1)NCc1cccnc1N1CCN(C)CC1. The van der Waals surface area contributed by atoms with Gasteiger partial charge in [0, 0.05) is 61.3 Å². The van der Waals surface area contributed by atoms with Gasteiger partial charge in [0.2, 0.25) is 0 Å². The minimum atomic E-state index is 0.707.